The summed E-state index contributed by atoms with van der Waals surface area (Å²) in [6.45, 7) is 21.8. The number of carbonyl (C=O) groups excluding carboxylic acids is 4. The second-order valence-corrected chi connectivity index (χ2v) is 18.2. The average Bonchev–Trinajstić information content (AvgIpc) is 3.13. The maximum atomic E-state index is 13.2. The van der Waals surface area contributed by atoms with E-state index >= 15 is 0 Å². The fourth-order valence-electron chi connectivity index (χ4n) is 7.27. The largest absolute Gasteiger partial charge is 0.454 e. The molecule has 0 bridgehead atoms. The quantitative estimate of drug-likeness (QED) is 0.0885. The van der Waals surface area contributed by atoms with Crippen LogP contribution in [0.15, 0.2) is 130 Å². The average molecular weight is 823 g/mol. The Hall–Kier alpha value is -4.66. The van der Waals surface area contributed by atoms with E-state index in [2.05, 4.69) is 65.8 Å². The van der Waals surface area contributed by atoms with Gasteiger partial charge in [-0.15, -0.1) is 0 Å². The van der Waals surface area contributed by atoms with Crippen LogP contribution in [0.3, 0.4) is 0 Å². The van der Waals surface area contributed by atoms with E-state index in [1.807, 2.05) is 126 Å². The van der Waals surface area contributed by atoms with Crippen LogP contribution in [0.4, 0.5) is 0 Å². The van der Waals surface area contributed by atoms with Crippen LogP contribution in [0.1, 0.15) is 108 Å². The van der Waals surface area contributed by atoms with Crippen molar-refractivity contribution >= 4 is 23.5 Å². The summed E-state index contributed by atoms with van der Waals surface area (Å²) in [5.41, 5.74) is 6.93. The number of hydrogen-bond acceptors (Lipinski definition) is 8. The maximum absolute atomic E-state index is 13.2. The van der Waals surface area contributed by atoms with Crippen LogP contribution < -0.4 is 0 Å². The topological polar surface area (TPSA) is 93.2 Å². The zero-order valence-electron chi connectivity index (χ0n) is 39.2. The van der Waals surface area contributed by atoms with Gasteiger partial charge < -0.3 is 19.3 Å². The minimum atomic E-state index is -0.735. The lowest BCUT2D eigenvalue weighted by molar-refractivity contribution is -0.156. The molecule has 0 aromatic heterocycles. The summed E-state index contributed by atoms with van der Waals surface area (Å²) in [6.07, 6.45) is 30.0. The number of allylic oxidation sites excluding steroid dienone is 20. The van der Waals surface area contributed by atoms with Crippen molar-refractivity contribution in [2.24, 2.45) is 10.8 Å². The third-order valence-electron chi connectivity index (χ3n) is 10.8. The van der Waals surface area contributed by atoms with Gasteiger partial charge in [-0.05, 0) is 129 Å². The molecule has 0 aromatic rings. The lowest BCUT2D eigenvalue weighted by Gasteiger charge is -2.36. The summed E-state index contributed by atoms with van der Waals surface area (Å²) in [5, 5.41) is 0. The molecule has 2 aliphatic carbocycles. The molecule has 2 atom stereocenters. The third kappa shape index (κ3) is 17.9. The summed E-state index contributed by atoms with van der Waals surface area (Å²) in [4.78, 5) is 55.2. The standard InChI is InChI=1S/C52H74N2O6/c1-37(23-17-25-39(3)29-31-43-41(5)49(57)45(35-51(43,7)8)59-47(55)27-19-33-53(11)12)21-15-16-22-38(2)24-18-26-40(4)30-32-44-42(6)50(58)46(36-52(44,9)10)60-48(56)28-20-34-54(13)14/h15-18,21-26,29-32,45-46H,19-20,27-28,33-36H2,1-14H3/b16-15+,23-17+,24-18+,31-29+,32-30+,37-21+,38-22+,39-25+,40-26+. The number of ether oxygens (including phenoxy) is 2. The maximum Gasteiger partial charge on any atom is 0.306 e. The van der Waals surface area contributed by atoms with Crippen molar-refractivity contribution in [2.75, 3.05) is 41.3 Å². The number of ketones is 2. The van der Waals surface area contributed by atoms with Gasteiger partial charge in [0.15, 0.2) is 23.8 Å². The van der Waals surface area contributed by atoms with Gasteiger partial charge in [-0.2, -0.15) is 0 Å². The highest BCUT2D eigenvalue weighted by atomic mass is 16.6. The lowest BCUT2D eigenvalue weighted by Crippen LogP contribution is -2.39. The van der Waals surface area contributed by atoms with Crippen molar-refractivity contribution in [3.05, 3.63) is 130 Å². The van der Waals surface area contributed by atoms with E-state index in [4.69, 9.17) is 9.47 Å². The van der Waals surface area contributed by atoms with Crippen LogP contribution in [0.5, 0.6) is 0 Å². The van der Waals surface area contributed by atoms with Gasteiger partial charge in [-0.1, -0.05) is 135 Å². The van der Waals surface area contributed by atoms with Crippen molar-refractivity contribution in [3.63, 3.8) is 0 Å². The van der Waals surface area contributed by atoms with Crippen LogP contribution in [0.25, 0.3) is 0 Å². The van der Waals surface area contributed by atoms with Crippen LogP contribution in [0, 0.1) is 10.8 Å². The van der Waals surface area contributed by atoms with Crippen molar-refractivity contribution in [3.8, 4) is 0 Å². The van der Waals surface area contributed by atoms with Crippen molar-refractivity contribution in [1.29, 1.82) is 0 Å². The molecule has 0 spiro atoms. The first-order chi connectivity index (χ1) is 28.0. The van der Waals surface area contributed by atoms with Gasteiger partial charge in [0.1, 0.15) is 0 Å². The summed E-state index contributed by atoms with van der Waals surface area (Å²) in [5.74, 6) is -0.854. The summed E-state index contributed by atoms with van der Waals surface area (Å²) < 4.78 is 11.3. The molecule has 0 amide bonds. The molecule has 0 fully saturated rings. The second-order valence-electron chi connectivity index (χ2n) is 18.2. The molecule has 0 saturated heterocycles. The minimum Gasteiger partial charge on any atom is -0.454 e. The zero-order valence-corrected chi connectivity index (χ0v) is 39.2. The van der Waals surface area contributed by atoms with Crippen molar-refractivity contribution < 1.29 is 28.7 Å². The Morgan fingerprint density at radius 1 is 0.567 bits per heavy atom. The molecule has 328 valence electrons. The number of hydrogen-bond donors (Lipinski definition) is 0. The Morgan fingerprint density at radius 2 is 0.883 bits per heavy atom. The molecule has 60 heavy (non-hydrogen) atoms. The number of Topliss-reactive ketones (excluding diaryl/α,β-unsaturated/α-hetero) is 2. The van der Waals surface area contributed by atoms with E-state index < -0.39 is 12.2 Å². The second kappa shape index (κ2) is 24.6. The molecule has 2 rings (SSSR count). The van der Waals surface area contributed by atoms with E-state index in [-0.39, 0.29) is 34.3 Å². The number of esters is 2. The Balaban J connectivity index is 1.95. The number of rotatable bonds is 20. The van der Waals surface area contributed by atoms with E-state index in [0.29, 0.717) is 49.7 Å². The monoisotopic (exact) mass is 823 g/mol. The van der Waals surface area contributed by atoms with Crippen LogP contribution in [-0.4, -0.2) is 86.8 Å². The highest BCUT2D eigenvalue weighted by Crippen LogP contribution is 2.42. The fourth-order valence-corrected chi connectivity index (χ4v) is 7.27. The van der Waals surface area contributed by atoms with Crippen LogP contribution in [-0.2, 0) is 28.7 Å². The van der Waals surface area contributed by atoms with E-state index in [9.17, 15) is 19.2 Å². The number of nitrogens with zero attached hydrogens (tertiary/aromatic N) is 2. The molecular formula is C52H74N2O6. The van der Waals surface area contributed by atoms with E-state index in [0.717, 1.165) is 46.5 Å². The first kappa shape index (κ1) is 51.5. The van der Waals surface area contributed by atoms with Gasteiger partial charge in [0.05, 0.1) is 0 Å². The van der Waals surface area contributed by atoms with E-state index in [1.54, 1.807) is 0 Å². The Labute approximate surface area is 362 Å². The van der Waals surface area contributed by atoms with Crippen LogP contribution >= 0.6 is 0 Å². The van der Waals surface area contributed by atoms with Gasteiger partial charge in [0.25, 0.3) is 0 Å². The molecule has 0 heterocycles. The normalized spacial score (nSPS) is 21.1. The van der Waals surface area contributed by atoms with Crippen LogP contribution in [0.2, 0.25) is 0 Å². The molecule has 0 saturated carbocycles. The molecular weight excluding hydrogens is 749 g/mol. The molecule has 2 aliphatic rings. The Kier molecular flexibility index (Phi) is 21.1. The summed E-state index contributed by atoms with van der Waals surface area (Å²) in [6, 6.07) is 0. The predicted molar refractivity (Wildman–Crippen MR) is 248 cm³/mol. The van der Waals surface area contributed by atoms with Crippen molar-refractivity contribution in [1.82, 2.24) is 9.80 Å². The molecule has 2 unspecified atom stereocenters. The van der Waals surface area contributed by atoms with Gasteiger partial charge in [0, 0.05) is 25.7 Å². The first-order valence-corrected chi connectivity index (χ1v) is 21.3. The van der Waals surface area contributed by atoms with Gasteiger partial charge in [-0.25, -0.2) is 0 Å². The zero-order chi connectivity index (χ0) is 45.2. The Bertz CT molecular complexity index is 1760. The molecule has 0 N–H and O–H groups in total. The highest BCUT2D eigenvalue weighted by Gasteiger charge is 2.41. The third-order valence-corrected chi connectivity index (χ3v) is 10.8. The van der Waals surface area contributed by atoms with E-state index in [1.165, 1.54) is 0 Å². The Morgan fingerprint density at radius 3 is 1.22 bits per heavy atom. The fraction of sp³-hybridized carbons (Fsp3) is 0.500. The molecule has 8 nitrogen and oxygen atoms in total. The summed E-state index contributed by atoms with van der Waals surface area (Å²) in [7, 11) is 7.86. The van der Waals surface area contributed by atoms with Gasteiger partial charge in [-0.3, -0.25) is 19.2 Å². The smallest absolute Gasteiger partial charge is 0.306 e. The van der Waals surface area contributed by atoms with Gasteiger partial charge >= 0.3 is 11.9 Å². The molecule has 0 radical (unpaired) electrons. The highest BCUT2D eigenvalue weighted by molar-refractivity contribution is 6.02. The van der Waals surface area contributed by atoms with Gasteiger partial charge in [0.2, 0.25) is 0 Å². The molecule has 0 aromatic carbocycles. The first-order valence-electron chi connectivity index (χ1n) is 21.3. The SMILES string of the molecule is CC1=C(/C=C/C(C)=C/C=C/C(C)=C/C=C/C=C(C)/C=C/C=C(C)/C=C/C2=C(C)C(=O)C(OC(=O)CCCN(C)C)CC2(C)C)C(C)(C)CC(OC(=O)CCCN(C)C)C1=O. The predicted octanol–water partition coefficient (Wildman–Crippen LogP) is 10.7. The number of carbonyl (C=O) groups is 4. The molecule has 0 aliphatic heterocycles. The lowest BCUT2D eigenvalue weighted by atomic mass is 9.71. The summed E-state index contributed by atoms with van der Waals surface area (Å²) >= 11 is 0. The minimum absolute atomic E-state index is 0.113. The molecule has 8 heteroatoms. The van der Waals surface area contributed by atoms with Crippen molar-refractivity contribution in [2.45, 2.75) is 120 Å².